The van der Waals surface area contributed by atoms with Gasteiger partial charge in [0, 0.05) is 23.5 Å². The van der Waals surface area contributed by atoms with Gasteiger partial charge in [-0.05, 0) is 52.9 Å². The Bertz CT molecular complexity index is 1050. The maximum atomic E-state index is 4.65. The summed E-state index contributed by atoms with van der Waals surface area (Å²) in [6.07, 6.45) is 4.65. The molecule has 0 saturated heterocycles. The molecular formula is C23H16N2. The number of rotatable bonds is 2. The summed E-state index contributed by atoms with van der Waals surface area (Å²) in [6, 6.07) is 25.2. The van der Waals surface area contributed by atoms with E-state index in [4.69, 9.17) is 0 Å². The van der Waals surface area contributed by atoms with Gasteiger partial charge in [0.2, 0.25) is 0 Å². The Morgan fingerprint density at radius 1 is 0.560 bits per heavy atom. The molecule has 2 aromatic heterocycles. The van der Waals surface area contributed by atoms with E-state index in [1.807, 2.05) is 36.7 Å². The first-order valence-corrected chi connectivity index (χ1v) is 8.49. The van der Waals surface area contributed by atoms with Crippen LogP contribution in [0.4, 0.5) is 0 Å². The summed E-state index contributed by atoms with van der Waals surface area (Å²) in [7, 11) is 0. The molecule has 2 nitrogen and oxygen atoms in total. The lowest BCUT2D eigenvalue weighted by Crippen LogP contribution is -1.95. The minimum absolute atomic E-state index is 0.943. The third-order valence-electron chi connectivity index (χ3n) is 4.85. The van der Waals surface area contributed by atoms with Gasteiger partial charge in [-0.3, -0.25) is 9.97 Å². The van der Waals surface area contributed by atoms with Crippen molar-refractivity contribution in [3.8, 4) is 33.6 Å². The molecule has 1 aliphatic carbocycles. The molecule has 2 heterocycles. The van der Waals surface area contributed by atoms with Crippen molar-refractivity contribution >= 4 is 0 Å². The Balaban J connectivity index is 1.82. The van der Waals surface area contributed by atoms with Crippen LogP contribution in [0.5, 0.6) is 0 Å². The second-order valence-corrected chi connectivity index (χ2v) is 6.28. The molecule has 4 aromatic rings. The molecule has 0 spiro atoms. The van der Waals surface area contributed by atoms with Gasteiger partial charge in [-0.15, -0.1) is 0 Å². The average molecular weight is 320 g/mol. The third-order valence-corrected chi connectivity index (χ3v) is 4.85. The molecule has 0 bridgehead atoms. The van der Waals surface area contributed by atoms with Crippen molar-refractivity contribution in [3.63, 3.8) is 0 Å². The van der Waals surface area contributed by atoms with Gasteiger partial charge >= 0.3 is 0 Å². The minimum Gasteiger partial charge on any atom is -0.256 e. The Hall–Kier alpha value is -3.26. The zero-order valence-corrected chi connectivity index (χ0v) is 13.7. The van der Waals surface area contributed by atoms with Crippen molar-refractivity contribution in [2.24, 2.45) is 0 Å². The van der Waals surface area contributed by atoms with Gasteiger partial charge < -0.3 is 0 Å². The van der Waals surface area contributed by atoms with Crippen LogP contribution in [0.3, 0.4) is 0 Å². The fourth-order valence-electron chi connectivity index (χ4n) is 3.75. The van der Waals surface area contributed by atoms with Gasteiger partial charge in [-0.25, -0.2) is 0 Å². The molecule has 0 radical (unpaired) electrons. The number of fused-ring (bicyclic) bond motifs is 3. The summed E-state index contributed by atoms with van der Waals surface area (Å²) in [5.41, 5.74) is 9.72. The highest BCUT2D eigenvalue weighted by Gasteiger charge is 2.24. The van der Waals surface area contributed by atoms with E-state index < -0.39 is 0 Å². The van der Waals surface area contributed by atoms with Crippen molar-refractivity contribution in [1.29, 1.82) is 0 Å². The van der Waals surface area contributed by atoms with Crippen LogP contribution >= 0.6 is 0 Å². The summed E-state index contributed by atoms with van der Waals surface area (Å²) >= 11 is 0. The molecule has 0 aliphatic heterocycles. The number of hydrogen-bond acceptors (Lipinski definition) is 2. The van der Waals surface area contributed by atoms with Crippen molar-refractivity contribution in [2.45, 2.75) is 6.42 Å². The normalized spacial score (nSPS) is 11.8. The number of pyridine rings is 2. The molecule has 2 aromatic carbocycles. The first-order valence-electron chi connectivity index (χ1n) is 8.49. The molecule has 0 unspecified atom stereocenters. The number of aromatic nitrogens is 2. The van der Waals surface area contributed by atoms with Crippen LogP contribution in [0.1, 0.15) is 11.1 Å². The number of benzene rings is 2. The van der Waals surface area contributed by atoms with Crippen LogP contribution in [0, 0.1) is 0 Å². The summed E-state index contributed by atoms with van der Waals surface area (Å²) < 4.78 is 0. The fourth-order valence-corrected chi connectivity index (χ4v) is 3.75. The van der Waals surface area contributed by atoms with Crippen molar-refractivity contribution in [1.82, 2.24) is 9.97 Å². The largest absolute Gasteiger partial charge is 0.256 e. The summed E-state index contributed by atoms with van der Waals surface area (Å²) in [4.78, 5) is 9.23. The van der Waals surface area contributed by atoms with Gasteiger partial charge in [-0.2, -0.15) is 0 Å². The monoisotopic (exact) mass is 320 g/mol. The summed E-state index contributed by atoms with van der Waals surface area (Å²) in [5.74, 6) is 0. The topological polar surface area (TPSA) is 25.8 Å². The Kier molecular flexibility index (Phi) is 3.20. The van der Waals surface area contributed by atoms with Gasteiger partial charge in [0.15, 0.2) is 0 Å². The smallest absolute Gasteiger partial charge is 0.0711 e. The highest BCUT2D eigenvalue weighted by molar-refractivity contribution is 5.91. The van der Waals surface area contributed by atoms with Gasteiger partial charge in [0.1, 0.15) is 0 Å². The lowest BCUT2D eigenvalue weighted by atomic mass is 9.92. The van der Waals surface area contributed by atoms with Crippen LogP contribution in [0.25, 0.3) is 33.6 Å². The molecule has 25 heavy (non-hydrogen) atoms. The standard InChI is InChI=1S/C23H16N2/c1-2-8-17-16(7-1)15-20-18(17)11-12-19(21-9-3-5-13-24-21)23(20)22-10-4-6-14-25-22/h1-14H,15H2. The highest BCUT2D eigenvalue weighted by atomic mass is 14.7. The first-order chi connectivity index (χ1) is 12.4. The molecule has 118 valence electrons. The Morgan fingerprint density at radius 3 is 2.00 bits per heavy atom. The Morgan fingerprint density at radius 2 is 1.24 bits per heavy atom. The summed E-state index contributed by atoms with van der Waals surface area (Å²) in [6.45, 7) is 0. The molecule has 0 fully saturated rings. The average Bonchev–Trinajstić information content (AvgIpc) is 3.07. The molecule has 1 aliphatic rings. The SMILES string of the molecule is c1ccc(-c2ccc3c(c2-c2ccccn2)Cc2ccccc2-3)nc1. The third kappa shape index (κ3) is 2.26. The van der Waals surface area contributed by atoms with Crippen molar-refractivity contribution < 1.29 is 0 Å². The van der Waals surface area contributed by atoms with E-state index in [9.17, 15) is 0 Å². The molecule has 5 rings (SSSR count). The predicted octanol–water partition coefficient (Wildman–Crippen LogP) is 5.38. The molecule has 0 atom stereocenters. The molecule has 0 N–H and O–H groups in total. The van der Waals surface area contributed by atoms with E-state index in [0.29, 0.717) is 0 Å². The number of nitrogens with zero attached hydrogens (tertiary/aromatic N) is 2. The van der Waals surface area contributed by atoms with E-state index in [-0.39, 0.29) is 0 Å². The second kappa shape index (κ2) is 5.67. The highest BCUT2D eigenvalue weighted by Crippen LogP contribution is 2.44. The maximum absolute atomic E-state index is 4.65. The molecule has 0 saturated carbocycles. The van der Waals surface area contributed by atoms with Gasteiger partial charge in [0.25, 0.3) is 0 Å². The lowest BCUT2D eigenvalue weighted by molar-refractivity contribution is 1.23. The fraction of sp³-hybridized carbons (Fsp3) is 0.0435. The Labute approximate surface area is 146 Å². The zero-order chi connectivity index (χ0) is 16.6. The van der Waals surface area contributed by atoms with Crippen LogP contribution in [0.2, 0.25) is 0 Å². The number of hydrogen-bond donors (Lipinski definition) is 0. The predicted molar refractivity (Wildman–Crippen MR) is 101 cm³/mol. The molecule has 2 heteroatoms. The first kappa shape index (κ1) is 14.1. The zero-order valence-electron chi connectivity index (χ0n) is 13.7. The van der Waals surface area contributed by atoms with E-state index >= 15 is 0 Å². The van der Waals surface area contributed by atoms with Crippen molar-refractivity contribution in [2.75, 3.05) is 0 Å². The molecule has 0 amide bonds. The van der Waals surface area contributed by atoms with E-state index in [0.717, 1.165) is 23.4 Å². The molecular weight excluding hydrogens is 304 g/mol. The van der Waals surface area contributed by atoms with Crippen LogP contribution < -0.4 is 0 Å². The van der Waals surface area contributed by atoms with Crippen LogP contribution in [0.15, 0.2) is 85.2 Å². The van der Waals surface area contributed by atoms with Crippen LogP contribution in [-0.4, -0.2) is 9.97 Å². The van der Waals surface area contributed by atoms with E-state index in [2.05, 4.69) is 58.5 Å². The second-order valence-electron chi connectivity index (χ2n) is 6.28. The minimum atomic E-state index is 0.943. The maximum Gasteiger partial charge on any atom is 0.0711 e. The lowest BCUT2D eigenvalue weighted by Gasteiger charge is -2.14. The van der Waals surface area contributed by atoms with E-state index in [1.165, 1.54) is 27.8 Å². The van der Waals surface area contributed by atoms with Crippen LogP contribution in [-0.2, 0) is 6.42 Å². The van der Waals surface area contributed by atoms with Crippen molar-refractivity contribution in [3.05, 3.63) is 96.3 Å². The van der Waals surface area contributed by atoms with Gasteiger partial charge in [-0.1, -0.05) is 48.5 Å². The summed E-state index contributed by atoms with van der Waals surface area (Å²) in [5, 5.41) is 0. The quantitative estimate of drug-likeness (QED) is 0.436. The van der Waals surface area contributed by atoms with Gasteiger partial charge in [0.05, 0.1) is 11.4 Å². The van der Waals surface area contributed by atoms with E-state index in [1.54, 1.807) is 0 Å².